The monoisotopic (exact) mass is 576 g/mol. The lowest BCUT2D eigenvalue weighted by molar-refractivity contribution is 0.0695. The minimum atomic E-state index is -0.926. The molecule has 2 aliphatic rings. The highest BCUT2D eigenvalue weighted by atomic mass is 35.5. The first kappa shape index (κ1) is 26.4. The Bertz CT molecular complexity index is 1820. The van der Waals surface area contributed by atoms with Crippen LogP contribution in [0.4, 0.5) is 5.69 Å². The van der Waals surface area contributed by atoms with Crippen molar-refractivity contribution < 1.29 is 15.0 Å². The van der Waals surface area contributed by atoms with E-state index < -0.39 is 17.6 Å². The van der Waals surface area contributed by atoms with Crippen molar-refractivity contribution in [1.29, 1.82) is 0 Å². The van der Waals surface area contributed by atoms with Gasteiger partial charge in [0.2, 0.25) is 0 Å². The number of hydrogen-bond acceptors (Lipinski definition) is 5. The molecule has 7 rings (SSSR count). The number of nitrogens with zero attached hydrogens (tertiary/aromatic N) is 3. The van der Waals surface area contributed by atoms with E-state index in [0.29, 0.717) is 10.6 Å². The van der Waals surface area contributed by atoms with E-state index >= 15 is 0 Å². The lowest BCUT2D eigenvalue weighted by Gasteiger charge is -2.18. The van der Waals surface area contributed by atoms with Crippen molar-refractivity contribution in [2.24, 2.45) is 0 Å². The molecule has 0 amide bonds. The number of rotatable bonds is 6. The first-order chi connectivity index (χ1) is 20.3. The number of carboxylic acids is 1. The standard InChI is InChI=1S/C34H29ClN4O3/c1-19(2)25-12-9-23(13-27(25)32(40)41)29-16-34(29)28-14-26(30(35)15-31(28)38-33(34)42)22-5-3-20(4-6-22)21-7-10-24(11-8-21)39-18-36-17-37-39/h3-15,17-19,29,33,38,42H,16H2,1-2H3,(H,40,41). The van der Waals surface area contributed by atoms with Gasteiger partial charge in [-0.15, -0.1) is 0 Å². The van der Waals surface area contributed by atoms with Crippen molar-refractivity contribution in [2.45, 2.75) is 43.7 Å². The molecule has 0 radical (unpaired) electrons. The number of anilines is 1. The number of carboxylic acid groups (broad SMARTS) is 1. The van der Waals surface area contributed by atoms with Crippen LogP contribution in [-0.2, 0) is 5.41 Å². The lowest BCUT2D eigenvalue weighted by Crippen LogP contribution is -2.27. The molecular formula is C34H29ClN4O3. The van der Waals surface area contributed by atoms with Gasteiger partial charge in [-0.1, -0.05) is 74.0 Å². The molecule has 42 heavy (non-hydrogen) atoms. The molecule has 0 saturated heterocycles. The second-order valence-corrected chi connectivity index (χ2v) is 11.9. The summed E-state index contributed by atoms with van der Waals surface area (Å²) < 4.78 is 1.72. The molecule has 1 aliphatic heterocycles. The van der Waals surface area contributed by atoms with Gasteiger partial charge in [0.15, 0.2) is 0 Å². The number of fused-ring (bicyclic) bond motifs is 2. The van der Waals surface area contributed by atoms with E-state index in [4.69, 9.17) is 11.6 Å². The van der Waals surface area contributed by atoms with Crippen molar-refractivity contribution in [3.8, 4) is 27.9 Å². The summed E-state index contributed by atoms with van der Waals surface area (Å²) in [5.74, 6) is -0.824. The molecule has 0 bridgehead atoms. The molecule has 210 valence electrons. The van der Waals surface area contributed by atoms with E-state index in [2.05, 4.69) is 57.9 Å². The Hall–Kier alpha value is -4.46. The van der Waals surface area contributed by atoms with E-state index in [1.807, 2.05) is 44.2 Å². The largest absolute Gasteiger partial charge is 0.478 e. The maximum absolute atomic E-state index is 12.0. The van der Waals surface area contributed by atoms with Gasteiger partial charge in [0.05, 0.1) is 16.3 Å². The van der Waals surface area contributed by atoms with Crippen LogP contribution in [-0.4, -0.2) is 37.2 Å². The number of benzene rings is 4. The fourth-order valence-corrected chi connectivity index (χ4v) is 6.76. The second-order valence-electron chi connectivity index (χ2n) is 11.5. The van der Waals surface area contributed by atoms with Gasteiger partial charge >= 0.3 is 5.97 Å². The average molecular weight is 577 g/mol. The summed E-state index contributed by atoms with van der Waals surface area (Å²) in [7, 11) is 0. The van der Waals surface area contributed by atoms with Crippen molar-refractivity contribution in [1.82, 2.24) is 14.8 Å². The number of halogens is 1. The van der Waals surface area contributed by atoms with Crippen LogP contribution in [0.2, 0.25) is 5.02 Å². The van der Waals surface area contributed by atoms with Crippen molar-refractivity contribution in [2.75, 3.05) is 5.32 Å². The number of aliphatic hydroxyl groups is 1. The number of carbonyl (C=O) groups is 1. The lowest BCUT2D eigenvalue weighted by atomic mass is 9.87. The molecule has 1 saturated carbocycles. The smallest absolute Gasteiger partial charge is 0.335 e. The van der Waals surface area contributed by atoms with Gasteiger partial charge in [0.1, 0.15) is 18.9 Å². The molecular weight excluding hydrogens is 548 g/mol. The Morgan fingerprint density at radius 1 is 1.00 bits per heavy atom. The number of aliphatic hydroxyl groups excluding tert-OH is 1. The summed E-state index contributed by atoms with van der Waals surface area (Å²) in [6.07, 6.45) is 3.11. The topological polar surface area (TPSA) is 100 Å². The van der Waals surface area contributed by atoms with Gasteiger partial charge in [0, 0.05) is 16.7 Å². The SMILES string of the molecule is CC(C)c1ccc(C2CC23c2cc(-c4ccc(-c5ccc(-n6cncn6)cc5)cc4)c(Cl)cc2NC3O)cc1C(=O)O. The van der Waals surface area contributed by atoms with E-state index in [1.54, 1.807) is 17.1 Å². The van der Waals surface area contributed by atoms with Crippen LogP contribution in [0.1, 0.15) is 59.2 Å². The Kier molecular flexibility index (Phi) is 6.18. The zero-order valence-electron chi connectivity index (χ0n) is 23.1. The van der Waals surface area contributed by atoms with Gasteiger partial charge in [-0.05, 0) is 82.0 Å². The molecule has 4 aromatic carbocycles. The molecule has 1 fully saturated rings. The Morgan fingerprint density at radius 3 is 2.33 bits per heavy atom. The number of aromatic nitrogens is 3. The van der Waals surface area contributed by atoms with Gasteiger partial charge in [0.25, 0.3) is 0 Å². The van der Waals surface area contributed by atoms with Gasteiger partial charge in [-0.25, -0.2) is 14.5 Å². The predicted octanol–water partition coefficient (Wildman–Crippen LogP) is 7.25. The number of hydrogen-bond donors (Lipinski definition) is 3. The van der Waals surface area contributed by atoms with Crippen LogP contribution in [0.5, 0.6) is 0 Å². The molecule has 8 heteroatoms. The van der Waals surface area contributed by atoms with E-state index in [9.17, 15) is 15.0 Å². The van der Waals surface area contributed by atoms with Crippen molar-refractivity contribution in [3.05, 3.63) is 119 Å². The van der Waals surface area contributed by atoms with Crippen LogP contribution >= 0.6 is 11.6 Å². The summed E-state index contributed by atoms with van der Waals surface area (Å²) >= 11 is 6.78. The normalized spacial score (nSPS) is 20.5. The third-order valence-corrected chi connectivity index (χ3v) is 9.12. The summed E-state index contributed by atoms with van der Waals surface area (Å²) in [5, 5.41) is 29.1. The van der Waals surface area contributed by atoms with Crippen molar-refractivity contribution in [3.63, 3.8) is 0 Å². The third-order valence-electron chi connectivity index (χ3n) is 8.80. The fourth-order valence-electron chi connectivity index (χ4n) is 6.49. The minimum Gasteiger partial charge on any atom is -0.478 e. The minimum absolute atomic E-state index is 0.00235. The van der Waals surface area contributed by atoms with E-state index in [-0.39, 0.29) is 11.8 Å². The highest BCUT2D eigenvalue weighted by Gasteiger charge is 2.64. The highest BCUT2D eigenvalue weighted by molar-refractivity contribution is 6.33. The maximum Gasteiger partial charge on any atom is 0.335 e. The third kappa shape index (κ3) is 4.19. The predicted molar refractivity (Wildman–Crippen MR) is 163 cm³/mol. The van der Waals surface area contributed by atoms with E-state index in [1.165, 1.54) is 6.33 Å². The first-order valence-corrected chi connectivity index (χ1v) is 14.4. The highest BCUT2D eigenvalue weighted by Crippen LogP contribution is 2.67. The van der Waals surface area contributed by atoms with Crippen LogP contribution in [0, 0.1) is 0 Å². The Balaban J connectivity index is 1.19. The zero-order chi connectivity index (χ0) is 29.2. The number of aromatic carboxylic acids is 1. The summed E-state index contributed by atoms with van der Waals surface area (Å²) in [6, 6.07) is 26.1. The molecule has 2 heterocycles. The summed E-state index contributed by atoms with van der Waals surface area (Å²) in [4.78, 5) is 16.0. The molecule has 7 nitrogen and oxygen atoms in total. The molecule has 1 aliphatic carbocycles. The molecule has 3 unspecified atom stereocenters. The van der Waals surface area contributed by atoms with Gasteiger partial charge in [-0.2, -0.15) is 5.10 Å². The molecule has 5 aromatic rings. The maximum atomic E-state index is 12.0. The molecule has 1 spiro atoms. The fraction of sp³-hybridized carbons (Fsp3) is 0.206. The van der Waals surface area contributed by atoms with Crippen LogP contribution in [0.25, 0.3) is 27.9 Å². The van der Waals surface area contributed by atoms with Crippen LogP contribution < -0.4 is 5.32 Å². The summed E-state index contributed by atoms with van der Waals surface area (Å²) in [6.45, 7) is 3.99. The van der Waals surface area contributed by atoms with Crippen LogP contribution in [0.3, 0.4) is 0 Å². The Labute approximate surface area is 248 Å². The zero-order valence-corrected chi connectivity index (χ0v) is 23.9. The van der Waals surface area contributed by atoms with E-state index in [0.717, 1.165) is 56.7 Å². The molecule has 1 aromatic heterocycles. The molecule has 3 atom stereocenters. The second kappa shape index (κ2) is 9.82. The molecule has 3 N–H and O–H groups in total. The summed E-state index contributed by atoms with van der Waals surface area (Å²) in [5.41, 5.74) is 8.35. The first-order valence-electron chi connectivity index (χ1n) is 14.0. The van der Waals surface area contributed by atoms with Crippen molar-refractivity contribution >= 4 is 23.3 Å². The van der Waals surface area contributed by atoms with Gasteiger partial charge < -0.3 is 15.5 Å². The Morgan fingerprint density at radius 2 is 1.69 bits per heavy atom. The van der Waals surface area contributed by atoms with Crippen LogP contribution in [0.15, 0.2) is 91.5 Å². The average Bonchev–Trinajstić information content (AvgIpc) is 3.38. The van der Waals surface area contributed by atoms with Gasteiger partial charge in [-0.3, -0.25) is 0 Å². The number of nitrogens with one attached hydrogen (secondary N) is 1. The quantitative estimate of drug-likeness (QED) is 0.197.